The fraction of sp³-hybridized carbons (Fsp3) is 0.333. The molecule has 0 unspecified atom stereocenters. The summed E-state index contributed by atoms with van der Waals surface area (Å²) >= 11 is 0. The van der Waals surface area contributed by atoms with Gasteiger partial charge in [-0.3, -0.25) is 9.59 Å². The average Bonchev–Trinajstić information content (AvgIpc) is 2.52. The topological polar surface area (TPSA) is 54.4 Å². The van der Waals surface area contributed by atoms with E-state index in [9.17, 15) is 14.7 Å². The Morgan fingerprint density at radius 2 is 1.58 bits per heavy atom. The third-order valence-corrected chi connectivity index (χ3v) is 4.43. The van der Waals surface area contributed by atoms with Crippen molar-refractivity contribution in [1.29, 1.82) is 0 Å². The Kier molecular flexibility index (Phi) is 3.32. The molecule has 0 bridgehead atoms. The first kappa shape index (κ1) is 13.9. The lowest BCUT2D eigenvalue weighted by Gasteiger charge is -2.17. The zero-order valence-corrected chi connectivity index (χ0v) is 12.4. The monoisotopic (exact) mass is 274 g/mol. The number of carbonyl (C=O) groups excluding carboxylic acids is 2. The molecule has 0 aromatic heterocycles. The average molecular weight is 274 g/mol. The summed E-state index contributed by atoms with van der Waals surface area (Å²) in [6.07, 6.45) is 1.83. The second kappa shape index (κ2) is 4.54. The minimum absolute atomic E-state index is 0.0591. The van der Waals surface area contributed by atoms with Crippen LogP contribution in [-0.4, -0.2) is 30.3 Å². The summed E-state index contributed by atoms with van der Waals surface area (Å²) in [5.74, 6) is -0.957. The van der Waals surface area contributed by atoms with Crippen molar-refractivity contribution in [2.24, 2.45) is 0 Å². The first-order valence-corrected chi connectivity index (χ1v) is 9.92. The van der Waals surface area contributed by atoms with Crippen molar-refractivity contribution in [2.45, 2.75) is 31.7 Å². The number of ketones is 2. The van der Waals surface area contributed by atoms with Gasteiger partial charge in [0.05, 0.1) is 8.07 Å². The van der Waals surface area contributed by atoms with Gasteiger partial charge in [-0.2, -0.15) is 0 Å². The molecule has 1 aliphatic rings. The molecule has 0 saturated heterocycles. The van der Waals surface area contributed by atoms with Gasteiger partial charge in [0.2, 0.25) is 11.6 Å². The Morgan fingerprint density at radius 3 is 2.00 bits per heavy atom. The van der Waals surface area contributed by atoms with Crippen molar-refractivity contribution < 1.29 is 14.7 Å². The molecule has 1 aromatic rings. The number of aliphatic hydroxyl groups is 1. The van der Waals surface area contributed by atoms with Crippen LogP contribution in [-0.2, 0) is 0 Å². The molecule has 100 valence electrons. The molecule has 4 heteroatoms. The number of hydrogen-bond donors (Lipinski definition) is 1. The maximum atomic E-state index is 12.2. The van der Waals surface area contributed by atoms with Crippen molar-refractivity contribution in [3.63, 3.8) is 0 Å². The number of rotatable bonds is 3. The molecule has 1 aliphatic carbocycles. The third-order valence-electron chi connectivity index (χ3n) is 3.20. The van der Waals surface area contributed by atoms with Gasteiger partial charge in [-0.25, -0.2) is 0 Å². The van der Waals surface area contributed by atoms with Crippen LogP contribution in [0, 0.1) is 0 Å². The molecular formula is C15H18O3Si. The van der Waals surface area contributed by atoms with Crippen molar-refractivity contribution in [3.8, 4) is 0 Å². The van der Waals surface area contributed by atoms with Crippen LogP contribution in [0.4, 0.5) is 0 Å². The van der Waals surface area contributed by atoms with Gasteiger partial charge in [-0.15, -0.1) is 0 Å². The lowest BCUT2D eigenvalue weighted by Crippen LogP contribution is -2.40. The second-order valence-corrected chi connectivity index (χ2v) is 11.1. The lowest BCUT2D eigenvalue weighted by molar-refractivity contribution is 0.0344. The molecule has 0 spiro atoms. The van der Waals surface area contributed by atoms with E-state index in [1.807, 2.05) is 5.70 Å². The van der Waals surface area contributed by atoms with Crippen molar-refractivity contribution in [3.05, 3.63) is 47.2 Å². The highest BCUT2D eigenvalue weighted by atomic mass is 28.3. The van der Waals surface area contributed by atoms with E-state index < -0.39 is 25.2 Å². The molecule has 3 nitrogen and oxygen atoms in total. The molecule has 0 aliphatic heterocycles. The number of Topliss-reactive ketones (excluding diaryl/α,β-unsaturated/α-hetero) is 2. The van der Waals surface area contributed by atoms with Crippen molar-refractivity contribution >= 4 is 19.6 Å². The van der Waals surface area contributed by atoms with Crippen LogP contribution in [0.3, 0.4) is 0 Å². The summed E-state index contributed by atoms with van der Waals surface area (Å²) in [6, 6.07) is 6.59. The molecule has 0 amide bonds. The summed E-state index contributed by atoms with van der Waals surface area (Å²) in [7, 11) is -1.40. The number of hydrogen-bond acceptors (Lipinski definition) is 3. The van der Waals surface area contributed by atoms with Crippen LogP contribution in [0.5, 0.6) is 0 Å². The summed E-state index contributed by atoms with van der Waals surface area (Å²) in [5.41, 5.74) is 0.793. The third kappa shape index (κ3) is 2.46. The van der Waals surface area contributed by atoms with Gasteiger partial charge in [-0.1, -0.05) is 55.7 Å². The molecular weight excluding hydrogens is 256 g/mol. The summed E-state index contributed by atoms with van der Waals surface area (Å²) < 4.78 is 0. The van der Waals surface area contributed by atoms with E-state index in [0.717, 1.165) is 0 Å². The van der Waals surface area contributed by atoms with Crippen molar-refractivity contribution in [1.82, 2.24) is 0 Å². The van der Waals surface area contributed by atoms with Crippen LogP contribution < -0.4 is 0 Å². The van der Waals surface area contributed by atoms with Gasteiger partial charge in [0, 0.05) is 17.5 Å². The van der Waals surface area contributed by atoms with E-state index in [2.05, 4.69) is 19.6 Å². The SMILES string of the molecule is C[Si](C)(C)/C=C/CC1(O)C(=O)c2ccccc2C1=O. The van der Waals surface area contributed by atoms with Gasteiger partial charge in [0.25, 0.3) is 0 Å². The highest BCUT2D eigenvalue weighted by Crippen LogP contribution is 2.32. The minimum atomic E-state index is -1.90. The molecule has 0 fully saturated rings. The normalized spacial score (nSPS) is 18.1. The Morgan fingerprint density at radius 1 is 1.11 bits per heavy atom. The van der Waals surface area contributed by atoms with E-state index >= 15 is 0 Å². The highest BCUT2D eigenvalue weighted by Gasteiger charge is 2.50. The van der Waals surface area contributed by atoms with Crippen LogP contribution in [0.2, 0.25) is 19.6 Å². The largest absolute Gasteiger partial charge is 0.374 e. The molecule has 0 atom stereocenters. The molecule has 0 radical (unpaired) electrons. The highest BCUT2D eigenvalue weighted by molar-refractivity contribution is 6.80. The Bertz CT molecular complexity index is 532. The fourth-order valence-corrected chi connectivity index (χ4v) is 3.02. The van der Waals surface area contributed by atoms with Gasteiger partial charge in [0.1, 0.15) is 0 Å². The lowest BCUT2D eigenvalue weighted by atomic mass is 9.94. The van der Waals surface area contributed by atoms with E-state index in [1.165, 1.54) is 0 Å². The molecule has 19 heavy (non-hydrogen) atoms. The molecule has 1 aromatic carbocycles. The number of carbonyl (C=O) groups is 2. The van der Waals surface area contributed by atoms with Crippen LogP contribution in [0.1, 0.15) is 27.1 Å². The second-order valence-electron chi connectivity index (χ2n) is 6.04. The van der Waals surface area contributed by atoms with Crippen LogP contribution >= 0.6 is 0 Å². The van der Waals surface area contributed by atoms with E-state index in [-0.39, 0.29) is 6.42 Å². The van der Waals surface area contributed by atoms with Gasteiger partial charge in [-0.05, 0) is 0 Å². The zero-order valence-electron chi connectivity index (χ0n) is 11.4. The Balaban J connectivity index is 2.30. The predicted octanol–water partition coefficient (Wildman–Crippen LogP) is 2.62. The van der Waals surface area contributed by atoms with Gasteiger partial charge >= 0.3 is 0 Å². The van der Waals surface area contributed by atoms with Gasteiger partial charge in [0.15, 0.2) is 5.60 Å². The number of benzene rings is 1. The zero-order chi connectivity index (χ0) is 14.3. The smallest absolute Gasteiger partial charge is 0.203 e. The summed E-state index contributed by atoms with van der Waals surface area (Å²) in [4.78, 5) is 24.4. The van der Waals surface area contributed by atoms with Gasteiger partial charge < -0.3 is 5.11 Å². The Hall–Kier alpha value is -1.52. The maximum Gasteiger partial charge on any atom is 0.203 e. The Labute approximate surface area is 114 Å². The van der Waals surface area contributed by atoms with Crippen LogP contribution in [0.15, 0.2) is 36.0 Å². The van der Waals surface area contributed by atoms with E-state index in [1.54, 1.807) is 30.3 Å². The quantitative estimate of drug-likeness (QED) is 0.681. The molecule has 0 heterocycles. The van der Waals surface area contributed by atoms with Crippen LogP contribution in [0.25, 0.3) is 0 Å². The standard InChI is InChI=1S/C15H18O3Si/c1-19(2,3)10-6-9-15(18)13(16)11-7-4-5-8-12(11)14(15)17/h4-8,10,18H,9H2,1-3H3/b10-6+. The predicted molar refractivity (Wildman–Crippen MR) is 77.2 cm³/mol. The molecule has 2 rings (SSSR count). The molecule has 1 N–H and O–H groups in total. The van der Waals surface area contributed by atoms with Crippen molar-refractivity contribution in [2.75, 3.05) is 0 Å². The van der Waals surface area contributed by atoms with E-state index in [0.29, 0.717) is 11.1 Å². The summed E-state index contributed by atoms with van der Waals surface area (Å²) in [5, 5.41) is 10.4. The number of fused-ring (bicyclic) bond motifs is 1. The fourth-order valence-electron chi connectivity index (χ4n) is 2.20. The molecule has 0 saturated carbocycles. The van der Waals surface area contributed by atoms with E-state index in [4.69, 9.17) is 0 Å². The minimum Gasteiger partial charge on any atom is -0.374 e. The first-order valence-electron chi connectivity index (χ1n) is 6.34. The first-order chi connectivity index (χ1) is 8.76. The maximum absolute atomic E-state index is 12.2. The summed E-state index contributed by atoms with van der Waals surface area (Å²) in [6.45, 7) is 6.46.